The van der Waals surface area contributed by atoms with E-state index in [4.69, 9.17) is 10.5 Å². The highest BCUT2D eigenvalue weighted by atomic mass is 16.6. The van der Waals surface area contributed by atoms with Crippen LogP contribution in [0.4, 0.5) is 5.69 Å². The number of nitrogens with zero attached hydrogens (tertiary/aromatic N) is 2. The van der Waals surface area contributed by atoms with Crippen LogP contribution in [0.2, 0.25) is 0 Å². The molecule has 2 aromatic carbocycles. The number of rotatable bonds is 6. The molecule has 1 aromatic heterocycles. The van der Waals surface area contributed by atoms with Crippen molar-refractivity contribution in [2.24, 2.45) is 17.6 Å². The molecule has 8 nitrogen and oxygen atoms in total. The summed E-state index contributed by atoms with van der Waals surface area (Å²) in [5.74, 6) is 0.624. The van der Waals surface area contributed by atoms with Crippen LogP contribution < -0.4 is 11.1 Å². The summed E-state index contributed by atoms with van der Waals surface area (Å²) in [6.07, 6.45) is 11.7. The SMILES string of the molecule is NCc1ccc(C(=O)N2CC[C@@H](C3CCCCC3)[C@H]2C(=O)Nc2ccc3c(c2)cc2n3C3(CCC3)OC2=O)cc1C1CC1. The molecule has 5 aliphatic rings. The molecule has 2 amide bonds. The molecule has 2 atom stereocenters. The van der Waals surface area contributed by atoms with Gasteiger partial charge in [0.2, 0.25) is 5.91 Å². The number of amides is 2. The molecule has 4 fully saturated rings. The Hall–Kier alpha value is -3.65. The van der Waals surface area contributed by atoms with Gasteiger partial charge in [0.1, 0.15) is 11.7 Å². The van der Waals surface area contributed by atoms with Crippen LogP contribution in [-0.4, -0.2) is 39.8 Å². The van der Waals surface area contributed by atoms with Gasteiger partial charge in [-0.15, -0.1) is 0 Å². The molecule has 0 bridgehead atoms. The number of nitrogens with one attached hydrogen (secondary N) is 1. The highest BCUT2D eigenvalue weighted by Gasteiger charge is 2.51. The lowest BCUT2D eigenvalue weighted by molar-refractivity contribution is -0.121. The average molecular weight is 581 g/mol. The third kappa shape index (κ3) is 4.40. The number of hydrogen-bond donors (Lipinski definition) is 2. The molecule has 1 saturated heterocycles. The Bertz CT molecular complexity index is 1630. The van der Waals surface area contributed by atoms with Crippen molar-refractivity contribution in [3.05, 3.63) is 64.8 Å². The molecule has 8 rings (SSSR count). The Morgan fingerprint density at radius 2 is 1.77 bits per heavy atom. The summed E-state index contributed by atoms with van der Waals surface area (Å²) >= 11 is 0. The van der Waals surface area contributed by atoms with Crippen molar-refractivity contribution in [2.45, 2.75) is 94.9 Å². The zero-order valence-electron chi connectivity index (χ0n) is 24.6. The van der Waals surface area contributed by atoms with E-state index in [2.05, 4.69) is 5.32 Å². The Morgan fingerprint density at radius 1 is 0.953 bits per heavy atom. The minimum Gasteiger partial charge on any atom is -0.434 e. The van der Waals surface area contributed by atoms with Crippen LogP contribution in [0.3, 0.4) is 0 Å². The standard InChI is InChI=1S/C35H40N4O4/c36-20-24-10-9-23(18-28(24)22-7-8-22)33(41)38-16-13-27(21-5-2-1-3-6-21)31(38)32(40)37-26-11-12-29-25(17-26)19-30-34(42)43-35(39(29)30)14-4-15-35/h9-12,17-19,21-22,27,31H,1-8,13-16,20,36H2,(H,37,40)/t27-,31-/m0/s1. The van der Waals surface area contributed by atoms with Gasteiger partial charge in [0.15, 0.2) is 5.72 Å². The number of hydrogen-bond acceptors (Lipinski definition) is 5. The number of likely N-dealkylation sites (tertiary alicyclic amines) is 1. The van der Waals surface area contributed by atoms with Gasteiger partial charge >= 0.3 is 5.97 Å². The predicted molar refractivity (Wildman–Crippen MR) is 164 cm³/mol. The monoisotopic (exact) mass is 580 g/mol. The van der Waals surface area contributed by atoms with Gasteiger partial charge in [-0.2, -0.15) is 0 Å². The van der Waals surface area contributed by atoms with Crippen molar-refractivity contribution in [3.8, 4) is 0 Å². The zero-order valence-corrected chi connectivity index (χ0v) is 24.6. The number of fused-ring (bicyclic) bond motifs is 4. The summed E-state index contributed by atoms with van der Waals surface area (Å²) in [6, 6.07) is 13.1. The highest BCUT2D eigenvalue weighted by molar-refractivity contribution is 6.04. The maximum absolute atomic E-state index is 14.2. The van der Waals surface area contributed by atoms with Crippen LogP contribution in [-0.2, 0) is 21.8 Å². The van der Waals surface area contributed by atoms with Crippen molar-refractivity contribution in [2.75, 3.05) is 11.9 Å². The topological polar surface area (TPSA) is 107 Å². The molecule has 3 saturated carbocycles. The first-order valence-electron chi connectivity index (χ1n) is 16.3. The molecule has 2 aliphatic heterocycles. The molecule has 3 aromatic rings. The van der Waals surface area contributed by atoms with E-state index < -0.39 is 11.8 Å². The van der Waals surface area contributed by atoms with E-state index in [0.717, 1.165) is 67.8 Å². The van der Waals surface area contributed by atoms with Gasteiger partial charge in [0.25, 0.3) is 5.91 Å². The van der Waals surface area contributed by atoms with Crippen LogP contribution in [0.5, 0.6) is 0 Å². The summed E-state index contributed by atoms with van der Waals surface area (Å²) in [6.45, 7) is 1.06. The van der Waals surface area contributed by atoms with Gasteiger partial charge in [0.05, 0.1) is 5.52 Å². The molecule has 224 valence electrons. The molecule has 3 N–H and O–H groups in total. The number of ether oxygens (including phenoxy) is 1. The Morgan fingerprint density at radius 3 is 2.49 bits per heavy atom. The fourth-order valence-electron chi connectivity index (χ4n) is 8.46. The molecule has 43 heavy (non-hydrogen) atoms. The number of carbonyl (C=O) groups is 3. The van der Waals surface area contributed by atoms with Gasteiger partial charge in [0, 0.05) is 42.6 Å². The summed E-state index contributed by atoms with van der Waals surface area (Å²) in [5, 5.41) is 4.10. The van der Waals surface area contributed by atoms with Gasteiger partial charge < -0.3 is 20.7 Å². The van der Waals surface area contributed by atoms with E-state index in [9.17, 15) is 14.4 Å². The molecule has 8 heteroatoms. The lowest BCUT2D eigenvalue weighted by Crippen LogP contribution is -2.47. The fraction of sp³-hybridized carbons (Fsp3) is 0.514. The van der Waals surface area contributed by atoms with Crippen molar-refractivity contribution >= 4 is 34.4 Å². The molecular formula is C35H40N4O4. The van der Waals surface area contributed by atoms with Crippen molar-refractivity contribution in [1.29, 1.82) is 0 Å². The van der Waals surface area contributed by atoms with Crippen LogP contribution >= 0.6 is 0 Å². The number of benzene rings is 2. The first-order chi connectivity index (χ1) is 21.0. The van der Waals surface area contributed by atoms with Crippen LogP contribution in [0.15, 0.2) is 42.5 Å². The second-order valence-electron chi connectivity index (χ2n) is 13.5. The normalized spacial score (nSPS) is 24.7. The predicted octanol–water partition coefficient (Wildman–Crippen LogP) is 6.03. The van der Waals surface area contributed by atoms with Crippen molar-refractivity contribution in [3.63, 3.8) is 0 Å². The smallest absolute Gasteiger partial charge is 0.357 e. The van der Waals surface area contributed by atoms with E-state index in [1.165, 1.54) is 24.8 Å². The Kier molecular flexibility index (Phi) is 6.40. The lowest BCUT2D eigenvalue weighted by Gasteiger charge is -2.38. The first-order valence-corrected chi connectivity index (χ1v) is 16.3. The number of carbonyl (C=O) groups excluding carboxylic acids is 3. The van der Waals surface area contributed by atoms with E-state index in [-0.39, 0.29) is 23.7 Å². The number of anilines is 1. The molecular weight excluding hydrogens is 540 g/mol. The molecule has 0 radical (unpaired) electrons. The number of nitrogens with two attached hydrogens (primary N) is 1. The zero-order chi connectivity index (χ0) is 29.3. The van der Waals surface area contributed by atoms with Crippen LogP contribution in [0.25, 0.3) is 10.9 Å². The molecule has 1 spiro atoms. The lowest BCUT2D eigenvalue weighted by atomic mass is 9.76. The fourth-order valence-corrected chi connectivity index (χ4v) is 8.46. The minimum atomic E-state index is -0.543. The molecule has 3 aliphatic carbocycles. The molecule has 0 unspecified atom stereocenters. The maximum Gasteiger partial charge on any atom is 0.357 e. The van der Waals surface area contributed by atoms with Gasteiger partial charge in [-0.05, 0) is 91.0 Å². The highest BCUT2D eigenvalue weighted by Crippen LogP contribution is 2.48. The third-order valence-corrected chi connectivity index (χ3v) is 11.0. The summed E-state index contributed by atoms with van der Waals surface area (Å²) in [4.78, 5) is 42.7. The molecule has 3 heterocycles. The van der Waals surface area contributed by atoms with E-state index in [1.807, 2.05) is 51.9 Å². The maximum atomic E-state index is 14.2. The van der Waals surface area contributed by atoms with E-state index in [1.54, 1.807) is 0 Å². The average Bonchev–Trinajstić information content (AvgIpc) is 3.53. The second-order valence-corrected chi connectivity index (χ2v) is 13.5. The summed E-state index contributed by atoms with van der Waals surface area (Å²) < 4.78 is 7.80. The second kappa shape index (κ2) is 10.2. The first kappa shape index (κ1) is 26.9. The van der Waals surface area contributed by atoms with Gasteiger partial charge in [-0.25, -0.2) is 4.79 Å². The van der Waals surface area contributed by atoms with E-state index >= 15 is 0 Å². The number of esters is 1. The summed E-state index contributed by atoms with van der Waals surface area (Å²) in [7, 11) is 0. The van der Waals surface area contributed by atoms with Gasteiger partial charge in [-0.1, -0.05) is 38.2 Å². The Balaban J connectivity index is 1.09. The van der Waals surface area contributed by atoms with Crippen LogP contribution in [0.1, 0.15) is 109 Å². The largest absolute Gasteiger partial charge is 0.434 e. The minimum absolute atomic E-state index is 0.0625. The Labute approximate surface area is 251 Å². The van der Waals surface area contributed by atoms with E-state index in [0.29, 0.717) is 41.9 Å². The third-order valence-electron chi connectivity index (χ3n) is 11.0. The summed E-state index contributed by atoms with van der Waals surface area (Å²) in [5.41, 5.74) is 10.6. The van der Waals surface area contributed by atoms with Crippen molar-refractivity contribution < 1.29 is 19.1 Å². The number of aromatic nitrogens is 1. The van der Waals surface area contributed by atoms with Crippen molar-refractivity contribution in [1.82, 2.24) is 9.47 Å². The van der Waals surface area contributed by atoms with Gasteiger partial charge in [-0.3, -0.25) is 14.2 Å². The van der Waals surface area contributed by atoms with Crippen LogP contribution in [0, 0.1) is 11.8 Å². The quantitative estimate of drug-likeness (QED) is 0.346.